The summed E-state index contributed by atoms with van der Waals surface area (Å²) in [6.07, 6.45) is 0. The van der Waals surface area contributed by atoms with Crippen LogP contribution < -0.4 is 5.73 Å². The van der Waals surface area contributed by atoms with Crippen molar-refractivity contribution in [1.29, 1.82) is 0 Å². The molecule has 0 aliphatic heterocycles. The average Bonchev–Trinajstić information content (AvgIpc) is 2.20. The van der Waals surface area contributed by atoms with Crippen molar-refractivity contribution >= 4 is 22.5 Å². The van der Waals surface area contributed by atoms with E-state index in [2.05, 4.69) is 10.2 Å². The highest BCUT2D eigenvalue weighted by atomic mass is 35.5. The molecular formula is C9H8ClN3O. The summed E-state index contributed by atoms with van der Waals surface area (Å²) in [6.45, 7) is 0.234. The number of aromatic hydroxyl groups is 1. The zero-order valence-electron chi connectivity index (χ0n) is 7.24. The van der Waals surface area contributed by atoms with Gasteiger partial charge in [-0.1, -0.05) is 23.7 Å². The van der Waals surface area contributed by atoms with Crippen molar-refractivity contribution in [2.45, 2.75) is 6.54 Å². The first-order chi connectivity index (χ1) is 6.74. The van der Waals surface area contributed by atoms with E-state index in [0.29, 0.717) is 21.6 Å². The monoisotopic (exact) mass is 209 g/mol. The molecule has 1 aromatic carbocycles. The Morgan fingerprint density at radius 1 is 1.36 bits per heavy atom. The number of benzene rings is 1. The lowest BCUT2D eigenvalue weighted by Gasteiger charge is -2.04. The number of hydrogen-bond acceptors (Lipinski definition) is 4. The lowest BCUT2D eigenvalue weighted by molar-refractivity contribution is 0.480. The Morgan fingerprint density at radius 2 is 2.14 bits per heavy atom. The molecule has 72 valence electrons. The van der Waals surface area contributed by atoms with Gasteiger partial charge in [0, 0.05) is 11.9 Å². The highest BCUT2D eigenvalue weighted by molar-refractivity contribution is 6.36. The third kappa shape index (κ3) is 1.29. The largest absolute Gasteiger partial charge is 0.506 e. The van der Waals surface area contributed by atoms with E-state index in [-0.39, 0.29) is 12.3 Å². The van der Waals surface area contributed by atoms with Gasteiger partial charge in [-0.15, -0.1) is 5.10 Å². The predicted molar refractivity (Wildman–Crippen MR) is 54.1 cm³/mol. The maximum atomic E-state index is 9.47. The van der Waals surface area contributed by atoms with E-state index in [4.69, 9.17) is 17.3 Å². The van der Waals surface area contributed by atoms with Crippen LogP contribution in [0, 0.1) is 0 Å². The smallest absolute Gasteiger partial charge is 0.143 e. The van der Waals surface area contributed by atoms with Crippen molar-refractivity contribution in [2.75, 3.05) is 0 Å². The fraction of sp³-hybridized carbons (Fsp3) is 0.111. The molecule has 2 rings (SSSR count). The molecule has 0 radical (unpaired) electrons. The topological polar surface area (TPSA) is 72.0 Å². The Kier molecular flexibility index (Phi) is 2.23. The molecule has 0 fully saturated rings. The van der Waals surface area contributed by atoms with Crippen LogP contribution in [0.5, 0.6) is 5.75 Å². The minimum atomic E-state index is 0.0699. The van der Waals surface area contributed by atoms with Crippen LogP contribution in [0.4, 0.5) is 0 Å². The molecule has 0 aliphatic carbocycles. The van der Waals surface area contributed by atoms with Crippen molar-refractivity contribution < 1.29 is 5.11 Å². The minimum absolute atomic E-state index is 0.0699. The van der Waals surface area contributed by atoms with Gasteiger partial charge in [-0.25, -0.2) is 0 Å². The Labute approximate surface area is 85.3 Å². The Hall–Kier alpha value is -1.39. The summed E-state index contributed by atoms with van der Waals surface area (Å²) in [6, 6.07) is 5.01. The van der Waals surface area contributed by atoms with Crippen molar-refractivity contribution in [3.05, 3.63) is 28.9 Å². The zero-order chi connectivity index (χ0) is 10.1. The molecule has 0 aliphatic rings. The Balaban J connectivity index is 2.84. The molecule has 14 heavy (non-hydrogen) atoms. The quantitative estimate of drug-likeness (QED) is 0.746. The molecule has 0 amide bonds. The number of nitrogens with two attached hydrogens (primary N) is 1. The van der Waals surface area contributed by atoms with Crippen LogP contribution in [-0.2, 0) is 6.54 Å². The second-order valence-electron chi connectivity index (χ2n) is 2.84. The van der Waals surface area contributed by atoms with Crippen LogP contribution in [0.1, 0.15) is 5.69 Å². The normalized spacial score (nSPS) is 10.7. The number of hydrogen-bond donors (Lipinski definition) is 2. The van der Waals surface area contributed by atoms with Crippen molar-refractivity contribution in [2.24, 2.45) is 5.73 Å². The fourth-order valence-corrected chi connectivity index (χ4v) is 1.52. The summed E-state index contributed by atoms with van der Waals surface area (Å²) in [5, 5.41) is 18.3. The summed E-state index contributed by atoms with van der Waals surface area (Å²) in [5.74, 6) is 0.0699. The number of aromatic nitrogens is 2. The number of halogens is 1. The van der Waals surface area contributed by atoms with Gasteiger partial charge in [0.15, 0.2) is 0 Å². The van der Waals surface area contributed by atoms with Crippen LogP contribution in [0.2, 0.25) is 5.02 Å². The molecule has 0 spiro atoms. The maximum Gasteiger partial charge on any atom is 0.143 e. The average molecular weight is 210 g/mol. The SMILES string of the molecule is NCc1nnc2c(O)cccc2c1Cl. The molecule has 0 atom stereocenters. The molecule has 1 heterocycles. The summed E-state index contributed by atoms with van der Waals surface area (Å²) in [7, 11) is 0. The lowest BCUT2D eigenvalue weighted by Crippen LogP contribution is -2.02. The van der Waals surface area contributed by atoms with Crippen molar-refractivity contribution in [1.82, 2.24) is 10.2 Å². The highest BCUT2D eigenvalue weighted by Crippen LogP contribution is 2.28. The molecule has 3 N–H and O–H groups in total. The van der Waals surface area contributed by atoms with E-state index in [1.165, 1.54) is 6.07 Å². The number of nitrogens with zero attached hydrogens (tertiary/aromatic N) is 2. The summed E-state index contributed by atoms with van der Waals surface area (Å²) < 4.78 is 0. The molecule has 0 unspecified atom stereocenters. The van der Waals surface area contributed by atoms with Crippen LogP contribution in [0.25, 0.3) is 10.9 Å². The lowest BCUT2D eigenvalue weighted by atomic mass is 10.2. The highest BCUT2D eigenvalue weighted by Gasteiger charge is 2.09. The van der Waals surface area contributed by atoms with E-state index in [9.17, 15) is 5.11 Å². The molecular weight excluding hydrogens is 202 g/mol. The molecule has 4 nitrogen and oxygen atoms in total. The van der Waals surface area contributed by atoms with Gasteiger partial charge in [0.25, 0.3) is 0 Å². The first-order valence-corrected chi connectivity index (χ1v) is 4.44. The van der Waals surface area contributed by atoms with E-state index >= 15 is 0 Å². The second kappa shape index (κ2) is 3.40. The predicted octanol–water partition coefficient (Wildman–Crippen LogP) is 1.45. The van der Waals surface area contributed by atoms with Gasteiger partial charge in [0.2, 0.25) is 0 Å². The number of phenols is 1. The van der Waals surface area contributed by atoms with E-state index in [1.807, 2.05) is 0 Å². The summed E-state index contributed by atoms with van der Waals surface area (Å²) in [5.41, 5.74) is 6.36. The Morgan fingerprint density at radius 3 is 2.86 bits per heavy atom. The van der Waals surface area contributed by atoms with Gasteiger partial charge in [0.1, 0.15) is 11.3 Å². The maximum absolute atomic E-state index is 9.47. The minimum Gasteiger partial charge on any atom is -0.506 e. The van der Waals surface area contributed by atoms with Gasteiger partial charge < -0.3 is 10.8 Å². The van der Waals surface area contributed by atoms with Crippen LogP contribution in [0.3, 0.4) is 0 Å². The van der Waals surface area contributed by atoms with Crippen LogP contribution in [-0.4, -0.2) is 15.3 Å². The molecule has 0 saturated carbocycles. The van der Waals surface area contributed by atoms with Crippen molar-refractivity contribution in [3.8, 4) is 5.75 Å². The van der Waals surface area contributed by atoms with Crippen LogP contribution in [0.15, 0.2) is 18.2 Å². The van der Waals surface area contributed by atoms with Crippen LogP contribution >= 0.6 is 11.6 Å². The molecule has 0 saturated heterocycles. The first-order valence-electron chi connectivity index (χ1n) is 4.07. The van der Waals surface area contributed by atoms with Gasteiger partial charge in [-0.05, 0) is 6.07 Å². The first kappa shape index (κ1) is 9.18. The third-order valence-electron chi connectivity index (χ3n) is 1.97. The zero-order valence-corrected chi connectivity index (χ0v) is 7.99. The molecule has 1 aromatic heterocycles. The van der Waals surface area contributed by atoms with Crippen molar-refractivity contribution in [3.63, 3.8) is 0 Å². The number of phenolic OH excluding ortho intramolecular Hbond substituents is 1. The number of rotatable bonds is 1. The molecule has 5 heteroatoms. The second-order valence-corrected chi connectivity index (χ2v) is 3.22. The van der Waals surface area contributed by atoms with E-state index in [0.717, 1.165) is 0 Å². The third-order valence-corrected chi connectivity index (χ3v) is 2.39. The van der Waals surface area contributed by atoms with Gasteiger partial charge in [0.05, 0.1) is 10.7 Å². The summed E-state index contributed by atoms with van der Waals surface area (Å²) in [4.78, 5) is 0. The number of fused-ring (bicyclic) bond motifs is 1. The standard InChI is InChI=1S/C9H8ClN3O/c10-8-5-2-1-3-7(14)9(5)13-12-6(8)4-11/h1-3,14H,4,11H2. The Bertz CT molecular complexity index is 487. The van der Waals surface area contributed by atoms with Gasteiger partial charge in [-0.3, -0.25) is 0 Å². The fourth-order valence-electron chi connectivity index (χ4n) is 1.25. The van der Waals surface area contributed by atoms with Gasteiger partial charge >= 0.3 is 0 Å². The van der Waals surface area contributed by atoms with Gasteiger partial charge in [-0.2, -0.15) is 5.10 Å². The molecule has 2 aromatic rings. The molecule has 0 bridgehead atoms. The van der Waals surface area contributed by atoms with E-state index < -0.39 is 0 Å². The summed E-state index contributed by atoms with van der Waals surface area (Å²) >= 11 is 6.02. The van der Waals surface area contributed by atoms with E-state index in [1.54, 1.807) is 12.1 Å².